The Bertz CT molecular complexity index is 407. The summed E-state index contributed by atoms with van der Waals surface area (Å²) < 4.78 is 6.04. The third-order valence-corrected chi connectivity index (χ3v) is 3.64. The Hall–Kier alpha value is -1.28. The normalized spacial score (nSPS) is 18.0. The molecule has 2 rings (SSSR count). The van der Waals surface area contributed by atoms with Gasteiger partial charge in [0.15, 0.2) is 0 Å². The third-order valence-electron chi connectivity index (χ3n) is 3.64. The number of ether oxygens (including phenoxy) is 1. The minimum absolute atomic E-state index is 0.201. The molecular formula is C17H25NO. The van der Waals surface area contributed by atoms with Gasteiger partial charge in [0.05, 0.1) is 0 Å². The average molecular weight is 259 g/mol. The predicted octanol–water partition coefficient (Wildman–Crippen LogP) is 4.02. The molecule has 0 bridgehead atoms. The lowest BCUT2D eigenvalue weighted by atomic mass is 10.2. The maximum atomic E-state index is 6.04. The van der Waals surface area contributed by atoms with Gasteiger partial charge >= 0.3 is 0 Å². The molecule has 104 valence electrons. The number of para-hydroxylation sites is 1. The summed E-state index contributed by atoms with van der Waals surface area (Å²) in [6, 6.07) is 8.91. The second-order valence-electron chi connectivity index (χ2n) is 5.36. The van der Waals surface area contributed by atoms with Crippen molar-refractivity contribution < 1.29 is 4.74 Å². The van der Waals surface area contributed by atoms with Crippen LogP contribution in [0.2, 0.25) is 0 Å². The zero-order chi connectivity index (χ0) is 13.5. The van der Waals surface area contributed by atoms with E-state index in [9.17, 15) is 0 Å². The van der Waals surface area contributed by atoms with Crippen LogP contribution in [-0.4, -0.2) is 18.7 Å². The van der Waals surface area contributed by atoms with Crippen LogP contribution in [0.15, 0.2) is 30.3 Å². The highest BCUT2D eigenvalue weighted by atomic mass is 16.5. The monoisotopic (exact) mass is 259 g/mol. The lowest BCUT2D eigenvalue weighted by molar-refractivity contribution is 0.211. The first-order valence-corrected chi connectivity index (χ1v) is 7.41. The van der Waals surface area contributed by atoms with Crippen molar-refractivity contribution in [2.24, 2.45) is 0 Å². The van der Waals surface area contributed by atoms with Crippen LogP contribution in [0.4, 0.5) is 0 Å². The van der Waals surface area contributed by atoms with Crippen molar-refractivity contribution in [1.29, 1.82) is 0 Å². The molecule has 1 fully saturated rings. The van der Waals surface area contributed by atoms with Crippen LogP contribution in [-0.2, 0) is 0 Å². The quantitative estimate of drug-likeness (QED) is 0.833. The first-order valence-electron chi connectivity index (χ1n) is 7.41. The molecule has 0 spiro atoms. The van der Waals surface area contributed by atoms with Crippen LogP contribution in [0.25, 0.3) is 6.08 Å². The fourth-order valence-electron chi connectivity index (χ4n) is 2.63. The van der Waals surface area contributed by atoms with Gasteiger partial charge in [0.25, 0.3) is 0 Å². The van der Waals surface area contributed by atoms with Crippen molar-refractivity contribution in [1.82, 2.24) is 5.32 Å². The second-order valence-corrected chi connectivity index (χ2v) is 5.36. The van der Waals surface area contributed by atoms with Crippen LogP contribution in [0.5, 0.6) is 5.75 Å². The first kappa shape index (κ1) is 14.1. The van der Waals surface area contributed by atoms with Gasteiger partial charge in [-0.25, -0.2) is 0 Å². The van der Waals surface area contributed by atoms with Crippen LogP contribution in [0, 0.1) is 0 Å². The molecule has 0 heterocycles. The van der Waals surface area contributed by atoms with Crippen molar-refractivity contribution in [2.75, 3.05) is 6.54 Å². The third kappa shape index (κ3) is 4.39. The minimum atomic E-state index is 0.201. The summed E-state index contributed by atoms with van der Waals surface area (Å²) in [5.74, 6) is 0.973. The summed E-state index contributed by atoms with van der Waals surface area (Å²) in [7, 11) is 0. The topological polar surface area (TPSA) is 21.3 Å². The Labute approximate surface area is 116 Å². The molecule has 1 aliphatic rings. The zero-order valence-corrected chi connectivity index (χ0v) is 12.1. The highest BCUT2D eigenvalue weighted by Gasteiger charge is 2.15. The van der Waals surface area contributed by atoms with Crippen LogP contribution < -0.4 is 10.1 Å². The SMILES string of the molecule is CC=Cc1ccccc1OC(C)CNC1CCCC1. The smallest absolute Gasteiger partial charge is 0.126 e. The molecule has 2 heteroatoms. The van der Waals surface area contributed by atoms with Gasteiger partial charge < -0.3 is 10.1 Å². The van der Waals surface area contributed by atoms with Crippen molar-refractivity contribution in [3.63, 3.8) is 0 Å². The molecule has 0 saturated heterocycles. The second kappa shape index (κ2) is 7.34. The number of benzene rings is 1. The van der Waals surface area contributed by atoms with Gasteiger partial charge in [0, 0.05) is 18.2 Å². The Morgan fingerprint density at radius 3 is 2.79 bits per heavy atom. The molecule has 1 aromatic rings. The van der Waals surface area contributed by atoms with E-state index in [1.165, 1.54) is 25.7 Å². The van der Waals surface area contributed by atoms with E-state index < -0.39 is 0 Å². The van der Waals surface area contributed by atoms with E-state index in [0.717, 1.165) is 17.9 Å². The largest absolute Gasteiger partial charge is 0.489 e. The number of allylic oxidation sites excluding steroid dienone is 1. The molecule has 1 aliphatic carbocycles. The van der Waals surface area contributed by atoms with Gasteiger partial charge in [-0.1, -0.05) is 43.2 Å². The van der Waals surface area contributed by atoms with E-state index in [1.807, 2.05) is 31.2 Å². The molecule has 0 radical (unpaired) electrons. The molecule has 0 aliphatic heterocycles. The summed E-state index contributed by atoms with van der Waals surface area (Å²) >= 11 is 0. The van der Waals surface area contributed by atoms with E-state index in [4.69, 9.17) is 4.74 Å². The van der Waals surface area contributed by atoms with Gasteiger partial charge in [0.1, 0.15) is 11.9 Å². The van der Waals surface area contributed by atoms with Crippen molar-refractivity contribution in [2.45, 2.75) is 51.7 Å². The van der Waals surface area contributed by atoms with Crippen molar-refractivity contribution in [3.8, 4) is 5.75 Å². The lowest BCUT2D eigenvalue weighted by Crippen LogP contribution is -2.35. The molecule has 1 aromatic carbocycles. The van der Waals surface area contributed by atoms with E-state index in [2.05, 4.69) is 24.4 Å². The van der Waals surface area contributed by atoms with Gasteiger partial charge in [-0.3, -0.25) is 0 Å². The predicted molar refractivity (Wildman–Crippen MR) is 81.5 cm³/mol. The average Bonchev–Trinajstić information content (AvgIpc) is 2.92. The first-order chi connectivity index (χ1) is 9.29. The minimum Gasteiger partial charge on any atom is -0.489 e. The van der Waals surface area contributed by atoms with Crippen molar-refractivity contribution >= 4 is 6.08 Å². The molecule has 1 N–H and O–H groups in total. The molecule has 19 heavy (non-hydrogen) atoms. The molecular weight excluding hydrogens is 234 g/mol. The summed E-state index contributed by atoms with van der Waals surface area (Å²) in [6.07, 6.45) is 9.72. The Balaban J connectivity index is 1.85. The molecule has 1 unspecified atom stereocenters. The fraction of sp³-hybridized carbons (Fsp3) is 0.529. The Morgan fingerprint density at radius 1 is 1.32 bits per heavy atom. The standard InChI is InChI=1S/C17H25NO/c1-3-8-15-9-4-7-12-17(15)19-14(2)13-18-16-10-5-6-11-16/h3-4,7-9,12,14,16,18H,5-6,10-11,13H2,1-2H3. The highest BCUT2D eigenvalue weighted by Crippen LogP contribution is 2.21. The van der Waals surface area contributed by atoms with Gasteiger partial charge in [-0.05, 0) is 32.8 Å². The van der Waals surface area contributed by atoms with Gasteiger partial charge in [-0.2, -0.15) is 0 Å². The van der Waals surface area contributed by atoms with Crippen LogP contribution in [0.1, 0.15) is 45.1 Å². The number of hydrogen-bond acceptors (Lipinski definition) is 2. The zero-order valence-electron chi connectivity index (χ0n) is 12.1. The van der Waals surface area contributed by atoms with E-state index in [-0.39, 0.29) is 6.10 Å². The summed E-state index contributed by atoms with van der Waals surface area (Å²) in [5.41, 5.74) is 1.15. The van der Waals surface area contributed by atoms with Gasteiger partial charge in [-0.15, -0.1) is 0 Å². The van der Waals surface area contributed by atoms with Gasteiger partial charge in [0.2, 0.25) is 0 Å². The molecule has 1 atom stereocenters. The Kier molecular flexibility index (Phi) is 5.46. The van der Waals surface area contributed by atoms with E-state index >= 15 is 0 Å². The number of nitrogens with one attached hydrogen (secondary N) is 1. The summed E-state index contributed by atoms with van der Waals surface area (Å²) in [6.45, 7) is 5.09. The van der Waals surface area contributed by atoms with Crippen LogP contribution >= 0.6 is 0 Å². The summed E-state index contributed by atoms with van der Waals surface area (Å²) in [4.78, 5) is 0. The molecule has 1 saturated carbocycles. The summed E-state index contributed by atoms with van der Waals surface area (Å²) in [5, 5.41) is 3.61. The molecule has 0 aromatic heterocycles. The lowest BCUT2D eigenvalue weighted by Gasteiger charge is -2.19. The Morgan fingerprint density at radius 2 is 2.05 bits per heavy atom. The molecule has 2 nitrogen and oxygen atoms in total. The maximum Gasteiger partial charge on any atom is 0.126 e. The highest BCUT2D eigenvalue weighted by molar-refractivity contribution is 5.56. The number of rotatable bonds is 6. The van der Waals surface area contributed by atoms with Crippen LogP contribution in [0.3, 0.4) is 0 Å². The molecule has 0 amide bonds. The maximum absolute atomic E-state index is 6.04. The van der Waals surface area contributed by atoms with E-state index in [0.29, 0.717) is 6.04 Å². The van der Waals surface area contributed by atoms with E-state index in [1.54, 1.807) is 0 Å². The van der Waals surface area contributed by atoms with Crippen molar-refractivity contribution in [3.05, 3.63) is 35.9 Å². The fourth-order valence-corrected chi connectivity index (χ4v) is 2.63. The number of hydrogen-bond donors (Lipinski definition) is 1.